The number of amides is 2. The summed E-state index contributed by atoms with van der Waals surface area (Å²) in [6.45, 7) is 4.06. The second-order valence-electron chi connectivity index (χ2n) is 10.8. The van der Waals surface area contributed by atoms with Gasteiger partial charge in [0.05, 0.1) is 43.4 Å². The zero-order chi connectivity index (χ0) is 26.7. The molecule has 12 heteroatoms. The van der Waals surface area contributed by atoms with Gasteiger partial charge in [-0.2, -0.15) is 13.2 Å². The highest BCUT2D eigenvalue weighted by molar-refractivity contribution is 5.79. The molecule has 0 spiro atoms. The average Bonchev–Trinajstić information content (AvgIpc) is 3.54. The molecular weight excluding hydrogens is 513 g/mol. The van der Waals surface area contributed by atoms with Gasteiger partial charge >= 0.3 is 12.2 Å². The fourth-order valence-corrected chi connectivity index (χ4v) is 6.30. The van der Waals surface area contributed by atoms with Gasteiger partial charge in [-0.05, 0) is 48.1 Å². The predicted molar refractivity (Wildman–Crippen MR) is 135 cm³/mol. The molecular formula is C27H29F3N6O3. The Labute approximate surface area is 222 Å². The van der Waals surface area contributed by atoms with Gasteiger partial charge in [-0.1, -0.05) is 0 Å². The van der Waals surface area contributed by atoms with Crippen molar-refractivity contribution in [1.29, 1.82) is 0 Å². The number of nitrogens with zero attached hydrogens (tertiary/aromatic N) is 4. The van der Waals surface area contributed by atoms with Crippen LogP contribution in [0.1, 0.15) is 41.1 Å². The smallest absolute Gasteiger partial charge is 0.378 e. The summed E-state index contributed by atoms with van der Waals surface area (Å²) in [5, 5.41) is 3.50. The number of halogens is 3. The number of urea groups is 1. The molecule has 3 atom stereocenters. The maximum Gasteiger partial charge on any atom is 0.420 e. The molecule has 4 aliphatic heterocycles. The van der Waals surface area contributed by atoms with E-state index < -0.39 is 11.7 Å². The standard InChI is InChI=1S/C27H29F3N6O3/c28-27(29,30)21-9-32-25-24(21)34-22(10-33-25)16-7-15-3-5-35(26(37)36-11-17-1-2-18(12-36)39-17)13-20(15)19(8-16)23-14-38-6-4-31-23/h7-10,17-18,23,31H,1-6,11-14H2,(H,32,33)/t17?,18?,23-/m0/s1. The summed E-state index contributed by atoms with van der Waals surface area (Å²) < 4.78 is 52.3. The molecule has 0 radical (unpaired) electrons. The fraction of sp³-hybridized carbons (Fsp3) is 0.519. The summed E-state index contributed by atoms with van der Waals surface area (Å²) >= 11 is 0. The molecule has 0 saturated carbocycles. The van der Waals surface area contributed by atoms with Crippen molar-refractivity contribution in [2.24, 2.45) is 0 Å². The molecule has 3 saturated heterocycles. The zero-order valence-corrected chi connectivity index (χ0v) is 21.3. The topological polar surface area (TPSA) is 95.6 Å². The number of likely N-dealkylation sites (tertiary alicyclic amines) is 1. The Morgan fingerprint density at radius 2 is 1.95 bits per heavy atom. The highest BCUT2D eigenvalue weighted by atomic mass is 19.4. The number of hydrogen-bond donors (Lipinski definition) is 2. The lowest BCUT2D eigenvalue weighted by Crippen LogP contribution is -2.52. The minimum atomic E-state index is -4.54. The SMILES string of the molecule is O=C(N1CCc2cc(-c3cnc4[nH]cc(C(F)(F)F)c4n3)cc([C@@H]3COCCN3)c2C1)N1CC2CCC(C1)O2. The minimum Gasteiger partial charge on any atom is -0.378 e. The third-order valence-corrected chi connectivity index (χ3v) is 8.24. The van der Waals surface area contributed by atoms with Crippen LogP contribution < -0.4 is 5.32 Å². The molecule has 9 nitrogen and oxygen atoms in total. The molecule has 7 rings (SSSR count). The molecule has 2 aromatic heterocycles. The van der Waals surface area contributed by atoms with Crippen molar-refractivity contribution in [2.45, 2.75) is 50.2 Å². The molecule has 4 aliphatic rings. The maximum absolute atomic E-state index is 13.5. The van der Waals surface area contributed by atoms with E-state index in [0.29, 0.717) is 63.6 Å². The van der Waals surface area contributed by atoms with Crippen LogP contribution in [0.5, 0.6) is 0 Å². The molecule has 1 aromatic carbocycles. The molecule has 2 unspecified atom stereocenters. The number of hydrogen-bond acceptors (Lipinski definition) is 6. The Kier molecular flexibility index (Phi) is 6.01. The highest BCUT2D eigenvalue weighted by Crippen LogP contribution is 2.37. The number of alkyl halides is 3. The van der Waals surface area contributed by atoms with Crippen molar-refractivity contribution in [1.82, 2.24) is 30.1 Å². The van der Waals surface area contributed by atoms with Gasteiger partial charge in [0.15, 0.2) is 5.65 Å². The van der Waals surface area contributed by atoms with Gasteiger partial charge < -0.3 is 29.6 Å². The average molecular weight is 543 g/mol. The Balaban J connectivity index is 1.24. The number of ether oxygens (including phenoxy) is 2. The first-order valence-electron chi connectivity index (χ1n) is 13.4. The molecule has 206 valence electrons. The van der Waals surface area contributed by atoms with Crippen molar-refractivity contribution in [3.63, 3.8) is 0 Å². The van der Waals surface area contributed by atoms with E-state index in [1.165, 1.54) is 6.20 Å². The molecule has 3 fully saturated rings. The normalized spacial score (nSPS) is 25.3. The van der Waals surface area contributed by atoms with Crippen LogP contribution in [0.2, 0.25) is 0 Å². The molecule has 2 amide bonds. The van der Waals surface area contributed by atoms with E-state index in [4.69, 9.17) is 9.47 Å². The molecule has 2 N–H and O–H groups in total. The summed E-state index contributed by atoms with van der Waals surface area (Å²) in [5.41, 5.74) is 3.23. The van der Waals surface area contributed by atoms with Crippen molar-refractivity contribution in [3.8, 4) is 11.3 Å². The lowest BCUT2D eigenvalue weighted by molar-refractivity contribution is -0.136. The quantitative estimate of drug-likeness (QED) is 0.514. The number of benzene rings is 1. The van der Waals surface area contributed by atoms with Crippen LogP contribution in [0.4, 0.5) is 18.0 Å². The molecule has 2 bridgehead atoms. The summed E-state index contributed by atoms with van der Waals surface area (Å²) in [7, 11) is 0. The second-order valence-corrected chi connectivity index (χ2v) is 10.8. The minimum absolute atomic E-state index is 0.0344. The van der Waals surface area contributed by atoms with E-state index >= 15 is 0 Å². The van der Waals surface area contributed by atoms with Gasteiger partial charge in [0.2, 0.25) is 0 Å². The largest absolute Gasteiger partial charge is 0.420 e. The van der Waals surface area contributed by atoms with E-state index in [0.717, 1.165) is 35.7 Å². The Morgan fingerprint density at radius 3 is 2.69 bits per heavy atom. The first-order valence-corrected chi connectivity index (χ1v) is 13.4. The number of H-pyrrole nitrogens is 1. The Morgan fingerprint density at radius 1 is 1.13 bits per heavy atom. The van der Waals surface area contributed by atoms with Gasteiger partial charge in [-0.3, -0.25) is 0 Å². The van der Waals surface area contributed by atoms with Crippen LogP contribution in [0.3, 0.4) is 0 Å². The Hall–Kier alpha value is -3.22. The van der Waals surface area contributed by atoms with Gasteiger partial charge in [0, 0.05) is 44.5 Å². The molecule has 0 aliphatic carbocycles. The predicted octanol–water partition coefficient (Wildman–Crippen LogP) is 3.65. The lowest BCUT2D eigenvalue weighted by atomic mass is 9.88. The molecule has 3 aromatic rings. The molecule has 6 heterocycles. The van der Waals surface area contributed by atoms with Crippen molar-refractivity contribution in [3.05, 3.63) is 46.8 Å². The van der Waals surface area contributed by atoms with Crippen LogP contribution in [0.15, 0.2) is 24.5 Å². The number of aromatic nitrogens is 3. The summed E-state index contributed by atoms with van der Waals surface area (Å²) in [4.78, 5) is 28.5. The van der Waals surface area contributed by atoms with Crippen LogP contribution in [-0.4, -0.2) is 82.4 Å². The number of nitrogens with one attached hydrogen (secondary N) is 2. The van der Waals surface area contributed by atoms with Crippen LogP contribution in [-0.2, 0) is 28.6 Å². The Bertz CT molecular complexity index is 1410. The van der Waals surface area contributed by atoms with Crippen molar-refractivity contribution < 1.29 is 27.4 Å². The number of carbonyl (C=O) groups excluding carboxylic acids is 1. The van der Waals surface area contributed by atoms with Crippen molar-refractivity contribution >= 4 is 17.2 Å². The van der Waals surface area contributed by atoms with Crippen LogP contribution >= 0.6 is 0 Å². The van der Waals surface area contributed by atoms with E-state index in [1.54, 1.807) is 0 Å². The van der Waals surface area contributed by atoms with E-state index in [9.17, 15) is 18.0 Å². The van der Waals surface area contributed by atoms with E-state index in [-0.39, 0.29) is 35.4 Å². The summed E-state index contributed by atoms with van der Waals surface area (Å²) in [6.07, 6.45) is 0.763. The fourth-order valence-electron chi connectivity index (χ4n) is 6.30. The second kappa shape index (κ2) is 9.46. The number of morpholine rings is 2. The number of fused-ring (bicyclic) bond motifs is 4. The van der Waals surface area contributed by atoms with Crippen LogP contribution in [0, 0.1) is 0 Å². The number of rotatable bonds is 2. The number of carbonyl (C=O) groups is 1. The summed E-state index contributed by atoms with van der Waals surface area (Å²) in [6, 6.07) is 3.88. The zero-order valence-electron chi connectivity index (χ0n) is 21.3. The van der Waals surface area contributed by atoms with E-state index in [2.05, 4.69) is 20.3 Å². The highest BCUT2D eigenvalue weighted by Gasteiger charge is 2.38. The van der Waals surface area contributed by atoms with Crippen molar-refractivity contribution in [2.75, 3.05) is 39.4 Å². The first-order chi connectivity index (χ1) is 18.8. The maximum atomic E-state index is 13.5. The summed E-state index contributed by atoms with van der Waals surface area (Å²) in [5.74, 6) is 0. The van der Waals surface area contributed by atoms with Gasteiger partial charge in [0.1, 0.15) is 11.1 Å². The van der Waals surface area contributed by atoms with Gasteiger partial charge in [-0.15, -0.1) is 0 Å². The number of aromatic amines is 1. The third kappa shape index (κ3) is 4.53. The van der Waals surface area contributed by atoms with Gasteiger partial charge in [-0.25, -0.2) is 14.8 Å². The van der Waals surface area contributed by atoms with Gasteiger partial charge in [0.25, 0.3) is 0 Å². The first kappa shape index (κ1) is 24.8. The third-order valence-electron chi connectivity index (χ3n) is 8.24. The monoisotopic (exact) mass is 542 g/mol. The van der Waals surface area contributed by atoms with E-state index in [1.807, 2.05) is 21.9 Å². The molecule has 39 heavy (non-hydrogen) atoms. The van der Waals surface area contributed by atoms with Crippen LogP contribution in [0.25, 0.3) is 22.4 Å². The lowest BCUT2D eigenvalue weighted by Gasteiger charge is -2.39.